The van der Waals surface area contributed by atoms with Gasteiger partial charge in [-0.3, -0.25) is 4.79 Å². The molecule has 1 atom stereocenters. The summed E-state index contributed by atoms with van der Waals surface area (Å²) < 4.78 is 23.9. The number of hydrogen-bond acceptors (Lipinski definition) is 5. The Morgan fingerprint density at radius 1 is 1.19 bits per heavy atom. The summed E-state index contributed by atoms with van der Waals surface area (Å²) in [7, 11) is 0. The Balaban J connectivity index is 1.50. The Labute approximate surface area is 155 Å². The zero-order chi connectivity index (χ0) is 18.8. The molecule has 2 heterocycles. The van der Waals surface area contributed by atoms with E-state index in [0.29, 0.717) is 30.6 Å². The van der Waals surface area contributed by atoms with Crippen LogP contribution in [-0.2, 0) is 4.79 Å². The lowest BCUT2D eigenvalue weighted by molar-refractivity contribution is -0.117. The van der Waals surface area contributed by atoms with Crippen LogP contribution in [0.25, 0.3) is 11.4 Å². The molecule has 1 aliphatic heterocycles. The van der Waals surface area contributed by atoms with Crippen molar-refractivity contribution in [1.82, 2.24) is 10.1 Å². The van der Waals surface area contributed by atoms with Gasteiger partial charge < -0.3 is 14.2 Å². The molecule has 0 saturated carbocycles. The molecule has 138 valence electrons. The summed E-state index contributed by atoms with van der Waals surface area (Å²) in [5.41, 5.74) is 1.48. The summed E-state index contributed by atoms with van der Waals surface area (Å²) in [6, 6.07) is 13.3. The Bertz CT molecular complexity index is 938. The maximum atomic E-state index is 13.1. The lowest BCUT2D eigenvalue weighted by Crippen LogP contribution is -2.24. The molecular weight excluding hydrogens is 349 g/mol. The van der Waals surface area contributed by atoms with Gasteiger partial charge in [-0.05, 0) is 55.5 Å². The van der Waals surface area contributed by atoms with Crippen LogP contribution in [0, 0.1) is 5.82 Å². The fourth-order valence-electron chi connectivity index (χ4n) is 3.13. The van der Waals surface area contributed by atoms with E-state index in [0.717, 1.165) is 11.3 Å². The number of carbonyl (C=O) groups excluding carboxylic acids is 1. The molecule has 1 aliphatic rings. The van der Waals surface area contributed by atoms with Gasteiger partial charge in [0.1, 0.15) is 11.6 Å². The fourth-order valence-corrected chi connectivity index (χ4v) is 3.13. The van der Waals surface area contributed by atoms with Crippen molar-refractivity contribution in [1.29, 1.82) is 0 Å². The molecule has 6 nitrogen and oxygen atoms in total. The van der Waals surface area contributed by atoms with E-state index in [1.54, 1.807) is 17.0 Å². The number of aromatic nitrogens is 2. The van der Waals surface area contributed by atoms with E-state index in [2.05, 4.69) is 10.1 Å². The molecule has 0 spiro atoms. The van der Waals surface area contributed by atoms with E-state index < -0.39 is 0 Å². The lowest BCUT2D eigenvalue weighted by atomic mass is 10.1. The van der Waals surface area contributed by atoms with E-state index in [1.807, 2.05) is 31.2 Å². The highest BCUT2D eigenvalue weighted by molar-refractivity contribution is 5.96. The maximum Gasteiger partial charge on any atom is 0.232 e. The van der Waals surface area contributed by atoms with Crippen LogP contribution in [0.3, 0.4) is 0 Å². The smallest absolute Gasteiger partial charge is 0.232 e. The third-order valence-corrected chi connectivity index (χ3v) is 4.48. The molecule has 3 aromatic rings. The predicted molar refractivity (Wildman–Crippen MR) is 97.0 cm³/mol. The Morgan fingerprint density at radius 3 is 2.63 bits per heavy atom. The van der Waals surface area contributed by atoms with Crippen molar-refractivity contribution in [3.05, 3.63) is 60.2 Å². The van der Waals surface area contributed by atoms with E-state index in [4.69, 9.17) is 9.26 Å². The summed E-state index contributed by atoms with van der Waals surface area (Å²) in [5.74, 6) is 1.11. The minimum absolute atomic E-state index is 0.0487. The second-order valence-corrected chi connectivity index (χ2v) is 6.30. The summed E-state index contributed by atoms with van der Waals surface area (Å²) in [4.78, 5) is 18.4. The predicted octanol–water partition coefficient (Wildman–Crippen LogP) is 3.79. The van der Waals surface area contributed by atoms with Crippen molar-refractivity contribution in [3.63, 3.8) is 0 Å². The first kappa shape index (κ1) is 17.2. The average Bonchev–Trinajstić information content (AvgIpc) is 3.30. The Kier molecular flexibility index (Phi) is 4.58. The maximum absolute atomic E-state index is 13.1. The normalized spacial score (nSPS) is 16.7. The van der Waals surface area contributed by atoms with Gasteiger partial charge >= 0.3 is 0 Å². The molecule has 4 rings (SSSR count). The van der Waals surface area contributed by atoms with Crippen molar-refractivity contribution >= 4 is 11.6 Å². The molecule has 1 amide bonds. The zero-order valence-corrected chi connectivity index (χ0v) is 14.8. The SMILES string of the molecule is CCOc1ccc(-c2noc(C3CC(=O)N(c4ccc(F)cc4)C3)n2)cc1. The van der Waals surface area contributed by atoms with Gasteiger partial charge in [0.25, 0.3) is 0 Å². The molecule has 0 N–H and O–H groups in total. The molecule has 0 bridgehead atoms. The number of benzene rings is 2. The first-order chi connectivity index (χ1) is 13.1. The van der Waals surface area contributed by atoms with E-state index >= 15 is 0 Å². The number of anilines is 1. The number of hydrogen-bond donors (Lipinski definition) is 0. The third kappa shape index (κ3) is 3.53. The molecule has 27 heavy (non-hydrogen) atoms. The van der Waals surface area contributed by atoms with Gasteiger partial charge in [0.2, 0.25) is 17.6 Å². The Morgan fingerprint density at radius 2 is 1.93 bits per heavy atom. The summed E-state index contributed by atoms with van der Waals surface area (Å²) in [6.45, 7) is 2.96. The van der Waals surface area contributed by atoms with Crippen molar-refractivity contribution in [2.24, 2.45) is 0 Å². The van der Waals surface area contributed by atoms with Crippen LogP contribution >= 0.6 is 0 Å². The van der Waals surface area contributed by atoms with Gasteiger partial charge in [-0.15, -0.1) is 0 Å². The van der Waals surface area contributed by atoms with Gasteiger partial charge in [-0.2, -0.15) is 4.98 Å². The van der Waals surface area contributed by atoms with Crippen molar-refractivity contribution in [2.75, 3.05) is 18.1 Å². The zero-order valence-electron chi connectivity index (χ0n) is 14.8. The van der Waals surface area contributed by atoms with Crippen LogP contribution in [0.15, 0.2) is 53.1 Å². The molecule has 1 fully saturated rings. The first-order valence-corrected chi connectivity index (χ1v) is 8.77. The minimum Gasteiger partial charge on any atom is -0.494 e. The van der Waals surface area contributed by atoms with Gasteiger partial charge in [-0.1, -0.05) is 5.16 Å². The third-order valence-electron chi connectivity index (χ3n) is 4.48. The largest absolute Gasteiger partial charge is 0.494 e. The molecule has 7 heteroatoms. The van der Waals surface area contributed by atoms with E-state index in [9.17, 15) is 9.18 Å². The van der Waals surface area contributed by atoms with Crippen LogP contribution < -0.4 is 9.64 Å². The fraction of sp³-hybridized carbons (Fsp3) is 0.250. The first-order valence-electron chi connectivity index (χ1n) is 8.77. The standard InChI is InChI=1S/C20H18FN3O3/c1-2-26-17-9-3-13(4-10-17)19-22-20(27-23-19)14-11-18(25)24(12-14)16-7-5-15(21)6-8-16/h3-10,14H,2,11-12H2,1H3. The second-order valence-electron chi connectivity index (χ2n) is 6.30. The Hall–Kier alpha value is -3.22. The van der Waals surface area contributed by atoms with Gasteiger partial charge in [-0.25, -0.2) is 4.39 Å². The number of amides is 1. The van der Waals surface area contributed by atoms with Gasteiger partial charge in [0.15, 0.2) is 0 Å². The van der Waals surface area contributed by atoms with Crippen molar-refractivity contribution in [2.45, 2.75) is 19.3 Å². The highest BCUT2D eigenvalue weighted by Crippen LogP contribution is 2.32. The van der Waals surface area contributed by atoms with Crippen molar-refractivity contribution in [3.8, 4) is 17.1 Å². The lowest BCUT2D eigenvalue weighted by Gasteiger charge is -2.15. The van der Waals surface area contributed by atoms with Crippen LogP contribution in [0.5, 0.6) is 5.75 Å². The monoisotopic (exact) mass is 367 g/mol. The van der Waals surface area contributed by atoms with Crippen LogP contribution in [0.4, 0.5) is 10.1 Å². The molecule has 0 radical (unpaired) electrons. The molecule has 1 unspecified atom stereocenters. The highest BCUT2D eigenvalue weighted by atomic mass is 19.1. The van der Waals surface area contributed by atoms with E-state index in [-0.39, 0.29) is 24.1 Å². The summed E-state index contributed by atoms with van der Waals surface area (Å²) in [5, 5.41) is 4.03. The van der Waals surface area contributed by atoms with Crippen molar-refractivity contribution < 1.29 is 18.4 Å². The summed E-state index contributed by atoms with van der Waals surface area (Å²) in [6.07, 6.45) is 0.280. The minimum atomic E-state index is -0.334. The highest BCUT2D eigenvalue weighted by Gasteiger charge is 2.35. The number of nitrogens with zero attached hydrogens (tertiary/aromatic N) is 3. The van der Waals surface area contributed by atoms with Crippen LogP contribution in [0.1, 0.15) is 25.2 Å². The molecule has 0 aliphatic carbocycles. The van der Waals surface area contributed by atoms with Gasteiger partial charge in [0.05, 0.1) is 12.5 Å². The number of carbonyl (C=O) groups is 1. The van der Waals surface area contributed by atoms with Crippen LogP contribution in [0.2, 0.25) is 0 Å². The van der Waals surface area contributed by atoms with Crippen LogP contribution in [-0.4, -0.2) is 29.2 Å². The average molecular weight is 367 g/mol. The molecule has 1 saturated heterocycles. The molecule has 2 aromatic carbocycles. The molecule has 1 aromatic heterocycles. The number of halogens is 1. The quantitative estimate of drug-likeness (QED) is 0.686. The second kappa shape index (κ2) is 7.19. The summed E-state index contributed by atoms with van der Waals surface area (Å²) >= 11 is 0. The van der Waals surface area contributed by atoms with Gasteiger partial charge in [0, 0.05) is 24.2 Å². The molecular formula is C20H18FN3O3. The van der Waals surface area contributed by atoms with E-state index in [1.165, 1.54) is 12.1 Å². The number of ether oxygens (including phenoxy) is 1. The number of rotatable bonds is 5. The topological polar surface area (TPSA) is 68.5 Å².